The van der Waals surface area contributed by atoms with E-state index in [2.05, 4.69) is 69.4 Å². The first kappa shape index (κ1) is 17.8. The number of hydrogen-bond donors (Lipinski definition) is 1. The molecule has 3 heteroatoms. The highest BCUT2D eigenvalue weighted by atomic mass is 16.5. The number of nitrogens with zero attached hydrogens (tertiary/aromatic N) is 1. The number of ether oxygens (including phenoxy) is 1. The Morgan fingerprint density at radius 3 is 2.19 bits per heavy atom. The van der Waals surface area contributed by atoms with Gasteiger partial charge in [0.2, 0.25) is 5.90 Å². The van der Waals surface area contributed by atoms with Crippen LogP contribution in [0.1, 0.15) is 47.9 Å². The summed E-state index contributed by atoms with van der Waals surface area (Å²) in [5, 5.41) is 3.71. The summed E-state index contributed by atoms with van der Waals surface area (Å²) in [7, 11) is 0. The molecule has 1 aliphatic carbocycles. The molecule has 0 radical (unpaired) electrons. The van der Waals surface area contributed by atoms with Gasteiger partial charge in [0, 0.05) is 5.69 Å². The molecule has 1 atom stereocenters. The van der Waals surface area contributed by atoms with E-state index in [0.717, 1.165) is 30.1 Å². The summed E-state index contributed by atoms with van der Waals surface area (Å²) in [6.07, 6.45) is 4.79. The lowest BCUT2D eigenvalue weighted by atomic mass is 9.92. The molecule has 2 aromatic rings. The Balaban J connectivity index is 1.80. The van der Waals surface area contributed by atoms with E-state index in [0.29, 0.717) is 0 Å². The average molecular weight is 361 g/mol. The van der Waals surface area contributed by atoms with Gasteiger partial charge in [0.15, 0.2) is 0 Å². The first-order valence-corrected chi connectivity index (χ1v) is 9.93. The van der Waals surface area contributed by atoms with Crippen LogP contribution in [0.3, 0.4) is 0 Å². The highest BCUT2D eigenvalue weighted by Crippen LogP contribution is 2.38. The molecule has 2 aromatic carbocycles. The third-order valence-corrected chi connectivity index (χ3v) is 5.72. The lowest BCUT2D eigenvalue weighted by molar-refractivity contribution is 0.207. The minimum Gasteiger partial charge on any atom is -0.468 e. The molecule has 1 heterocycles. The van der Waals surface area contributed by atoms with E-state index in [4.69, 9.17) is 9.73 Å². The summed E-state index contributed by atoms with van der Waals surface area (Å²) in [6.45, 7) is 8.52. The molecule has 4 rings (SSSR count). The Labute approximate surface area is 162 Å². The van der Waals surface area contributed by atoms with Crippen molar-refractivity contribution in [3.63, 3.8) is 0 Å². The highest BCUT2D eigenvalue weighted by Gasteiger charge is 2.34. The van der Waals surface area contributed by atoms with Gasteiger partial charge >= 0.3 is 0 Å². The lowest BCUT2D eigenvalue weighted by Crippen LogP contribution is -2.15. The number of aliphatic imine (C=N–C) groups is 1. The van der Waals surface area contributed by atoms with Crippen molar-refractivity contribution in [1.29, 1.82) is 0 Å². The normalized spacial score (nSPS) is 20.6. The third kappa shape index (κ3) is 3.39. The van der Waals surface area contributed by atoms with Gasteiger partial charge < -0.3 is 10.1 Å². The van der Waals surface area contributed by atoms with Crippen molar-refractivity contribution in [2.24, 2.45) is 4.99 Å². The van der Waals surface area contributed by atoms with Gasteiger partial charge in [-0.3, -0.25) is 0 Å². The predicted molar refractivity (Wildman–Crippen MR) is 113 cm³/mol. The van der Waals surface area contributed by atoms with Gasteiger partial charge in [0.1, 0.15) is 11.8 Å². The molecule has 1 aliphatic heterocycles. The number of hydrogen-bond acceptors (Lipinski definition) is 3. The van der Waals surface area contributed by atoms with Gasteiger partial charge in [-0.05, 0) is 81.2 Å². The third-order valence-electron chi connectivity index (χ3n) is 5.72. The van der Waals surface area contributed by atoms with Crippen molar-refractivity contribution in [2.75, 3.05) is 5.32 Å². The first-order chi connectivity index (χ1) is 13.0. The van der Waals surface area contributed by atoms with Gasteiger partial charge in [-0.1, -0.05) is 36.4 Å². The Hall–Kier alpha value is -2.55. The molecule has 1 saturated carbocycles. The van der Waals surface area contributed by atoms with Crippen LogP contribution < -0.4 is 5.32 Å². The van der Waals surface area contributed by atoms with Crippen molar-refractivity contribution >= 4 is 17.3 Å². The van der Waals surface area contributed by atoms with Crippen LogP contribution in [0.15, 0.2) is 52.7 Å². The van der Waals surface area contributed by atoms with Crippen molar-refractivity contribution in [3.8, 4) is 0 Å². The molecule has 140 valence electrons. The summed E-state index contributed by atoms with van der Waals surface area (Å²) < 4.78 is 6.36. The standard InChI is InChI=1S/C24H28N2O/c1-15-9-7-10-16(2)21(15)25-23-19-13-5-6-14-20(19)27-24(23)26-22-17(3)11-8-12-18(22)4/h7-12,20,25H,5-6,13-14H2,1-4H3. The zero-order valence-corrected chi connectivity index (χ0v) is 16.7. The fourth-order valence-electron chi connectivity index (χ4n) is 4.16. The fraction of sp³-hybridized carbons (Fsp3) is 0.375. The SMILES string of the molecule is Cc1cccc(C)c1N=C1OC2CCCCC2=C1Nc1c(C)cccc1C. The molecule has 3 nitrogen and oxygen atoms in total. The Bertz CT molecular complexity index is 899. The van der Waals surface area contributed by atoms with Crippen LogP contribution in [0, 0.1) is 27.7 Å². The van der Waals surface area contributed by atoms with E-state index < -0.39 is 0 Å². The van der Waals surface area contributed by atoms with E-state index in [1.807, 2.05) is 0 Å². The smallest absolute Gasteiger partial charge is 0.239 e. The Morgan fingerprint density at radius 2 is 1.52 bits per heavy atom. The quantitative estimate of drug-likeness (QED) is 0.698. The van der Waals surface area contributed by atoms with Gasteiger partial charge in [0.25, 0.3) is 0 Å². The molecule has 1 fully saturated rings. The lowest BCUT2D eigenvalue weighted by Gasteiger charge is -2.19. The van der Waals surface area contributed by atoms with E-state index >= 15 is 0 Å². The van der Waals surface area contributed by atoms with Crippen molar-refractivity contribution in [1.82, 2.24) is 0 Å². The maximum Gasteiger partial charge on any atom is 0.239 e. The van der Waals surface area contributed by atoms with Gasteiger partial charge in [-0.25, -0.2) is 4.99 Å². The Kier molecular flexibility index (Phi) is 4.77. The summed E-state index contributed by atoms with van der Waals surface area (Å²) in [6, 6.07) is 12.7. The fourth-order valence-corrected chi connectivity index (χ4v) is 4.16. The van der Waals surface area contributed by atoms with Crippen LogP contribution in [-0.4, -0.2) is 12.0 Å². The molecule has 1 N–H and O–H groups in total. The van der Waals surface area contributed by atoms with Crippen molar-refractivity contribution < 1.29 is 4.74 Å². The van der Waals surface area contributed by atoms with Crippen LogP contribution in [0.25, 0.3) is 0 Å². The van der Waals surface area contributed by atoms with Crippen LogP contribution in [0.5, 0.6) is 0 Å². The van der Waals surface area contributed by atoms with Gasteiger partial charge in [0.05, 0.1) is 5.69 Å². The summed E-state index contributed by atoms with van der Waals surface area (Å²) in [5.74, 6) is 0.747. The summed E-state index contributed by atoms with van der Waals surface area (Å²) in [5.41, 5.74) is 9.50. The molecule has 0 amide bonds. The number of fused-ring (bicyclic) bond motifs is 1. The number of benzene rings is 2. The summed E-state index contributed by atoms with van der Waals surface area (Å²) in [4.78, 5) is 4.99. The monoisotopic (exact) mass is 360 g/mol. The second kappa shape index (κ2) is 7.22. The van der Waals surface area contributed by atoms with Crippen LogP contribution in [0.4, 0.5) is 11.4 Å². The maximum absolute atomic E-state index is 6.36. The van der Waals surface area contributed by atoms with Crippen molar-refractivity contribution in [3.05, 3.63) is 69.9 Å². The zero-order valence-electron chi connectivity index (χ0n) is 16.7. The molecule has 1 unspecified atom stereocenters. The molecule has 0 saturated heterocycles. The summed E-state index contributed by atoms with van der Waals surface area (Å²) >= 11 is 0. The minimum absolute atomic E-state index is 0.175. The zero-order chi connectivity index (χ0) is 19.0. The molecule has 27 heavy (non-hydrogen) atoms. The molecular weight excluding hydrogens is 332 g/mol. The van der Waals surface area contributed by atoms with Crippen LogP contribution in [0.2, 0.25) is 0 Å². The topological polar surface area (TPSA) is 33.6 Å². The minimum atomic E-state index is 0.175. The van der Waals surface area contributed by atoms with Gasteiger partial charge in [-0.2, -0.15) is 0 Å². The second-order valence-corrected chi connectivity index (χ2v) is 7.80. The van der Waals surface area contributed by atoms with E-state index in [-0.39, 0.29) is 6.10 Å². The number of aryl methyl sites for hydroxylation is 4. The predicted octanol–water partition coefficient (Wildman–Crippen LogP) is 6.29. The van der Waals surface area contributed by atoms with E-state index in [9.17, 15) is 0 Å². The molecule has 0 aromatic heterocycles. The number of anilines is 1. The largest absolute Gasteiger partial charge is 0.468 e. The number of para-hydroxylation sites is 2. The second-order valence-electron chi connectivity index (χ2n) is 7.80. The maximum atomic E-state index is 6.36. The van der Waals surface area contributed by atoms with E-state index in [1.54, 1.807) is 0 Å². The molecule has 0 bridgehead atoms. The Morgan fingerprint density at radius 1 is 0.889 bits per heavy atom. The molecule has 0 spiro atoms. The van der Waals surface area contributed by atoms with Crippen molar-refractivity contribution in [2.45, 2.75) is 59.5 Å². The molecule has 2 aliphatic rings. The highest BCUT2D eigenvalue weighted by molar-refractivity contribution is 6.01. The first-order valence-electron chi connectivity index (χ1n) is 9.93. The molecular formula is C24H28N2O. The van der Waals surface area contributed by atoms with Crippen LogP contribution in [-0.2, 0) is 4.74 Å². The van der Waals surface area contributed by atoms with Crippen LogP contribution >= 0.6 is 0 Å². The number of rotatable bonds is 3. The van der Waals surface area contributed by atoms with E-state index in [1.165, 1.54) is 46.4 Å². The average Bonchev–Trinajstić information content (AvgIpc) is 2.99. The number of nitrogens with one attached hydrogen (secondary N) is 1. The van der Waals surface area contributed by atoms with Gasteiger partial charge in [-0.15, -0.1) is 0 Å².